The molecule has 208 valence electrons. The number of rotatable bonds is 8. The first kappa shape index (κ1) is 27.2. The van der Waals surface area contributed by atoms with E-state index >= 15 is 0 Å². The monoisotopic (exact) mass is 593 g/mol. The van der Waals surface area contributed by atoms with Gasteiger partial charge in [0, 0.05) is 51.4 Å². The number of carboxylic acids is 1. The van der Waals surface area contributed by atoms with Gasteiger partial charge in [-0.15, -0.1) is 0 Å². The SMILES string of the molecule is O=C(O)c1cccc(-n2cccc2[C@H]2[C@@H](c3ccccn3)NC(=S)N2c2ccc(Sc3ccc([N+](=O)[O-])cc3)cc2)c1. The quantitative estimate of drug-likeness (QED) is 0.114. The summed E-state index contributed by atoms with van der Waals surface area (Å²) in [7, 11) is 0. The number of non-ortho nitro benzene ring substituents is 1. The van der Waals surface area contributed by atoms with Crippen LogP contribution in [-0.4, -0.2) is 30.7 Å². The summed E-state index contributed by atoms with van der Waals surface area (Å²) in [6.07, 6.45) is 3.66. The zero-order valence-electron chi connectivity index (χ0n) is 21.9. The molecule has 0 aliphatic carbocycles. The van der Waals surface area contributed by atoms with Gasteiger partial charge in [0.1, 0.15) is 6.04 Å². The standard InChI is InChI=1S/C31H23N5O4S2/c37-30(38)20-5-3-6-23(19-20)34-18-4-8-27(34)29-28(26-7-1-2-17-32-26)33-31(41)35(29)21-9-13-24(14-10-21)42-25-15-11-22(12-16-25)36(39)40/h1-19,28-29H,(H,33,41)(H,37,38)/t28-,29+/m1/s1. The van der Waals surface area contributed by atoms with Gasteiger partial charge in [-0.3, -0.25) is 15.1 Å². The molecular formula is C31H23N5O4S2. The Morgan fingerprint density at radius 2 is 1.67 bits per heavy atom. The lowest BCUT2D eigenvalue weighted by Gasteiger charge is -2.29. The molecule has 2 N–H and O–H groups in total. The molecule has 2 aromatic heterocycles. The highest BCUT2D eigenvalue weighted by atomic mass is 32.2. The fourth-order valence-corrected chi connectivity index (χ4v) is 6.20. The molecule has 0 spiro atoms. The first-order valence-electron chi connectivity index (χ1n) is 12.9. The summed E-state index contributed by atoms with van der Waals surface area (Å²) in [4.78, 5) is 30.8. The second kappa shape index (κ2) is 11.5. The number of aromatic nitrogens is 2. The van der Waals surface area contributed by atoms with Crippen LogP contribution in [0.2, 0.25) is 0 Å². The minimum atomic E-state index is -0.992. The number of pyridine rings is 1. The van der Waals surface area contributed by atoms with E-state index in [0.717, 1.165) is 32.6 Å². The largest absolute Gasteiger partial charge is 0.478 e. The Bertz CT molecular complexity index is 1780. The van der Waals surface area contributed by atoms with Crippen molar-refractivity contribution in [2.24, 2.45) is 0 Å². The van der Waals surface area contributed by atoms with Crippen molar-refractivity contribution >= 4 is 46.4 Å². The van der Waals surface area contributed by atoms with E-state index in [0.29, 0.717) is 5.11 Å². The lowest BCUT2D eigenvalue weighted by atomic mass is 10.0. The maximum absolute atomic E-state index is 11.7. The summed E-state index contributed by atoms with van der Waals surface area (Å²) >= 11 is 7.38. The average molecular weight is 594 g/mol. The van der Waals surface area contributed by atoms with E-state index in [2.05, 4.69) is 15.2 Å². The second-order valence-corrected chi connectivity index (χ2v) is 11.0. The lowest BCUT2D eigenvalue weighted by molar-refractivity contribution is -0.384. The summed E-state index contributed by atoms with van der Waals surface area (Å²) in [6, 6.07) is 30.4. The van der Waals surface area contributed by atoms with Crippen LogP contribution in [-0.2, 0) is 0 Å². The number of anilines is 1. The van der Waals surface area contributed by atoms with E-state index in [4.69, 9.17) is 12.2 Å². The van der Waals surface area contributed by atoms with Crippen molar-refractivity contribution in [1.82, 2.24) is 14.9 Å². The minimum Gasteiger partial charge on any atom is -0.478 e. The van der Waals surface area contributed by atoms with Gasteiger partial charge in [-0.05, 0) is 91.1 Å². The third-order valence-corrected chi connectivity index (χ3v) is 8.28. The molecule has 0 radical (unpaired) electrons. The first-order chi connectivity index (χ1) is 20.4. The van der Waals surface area contributed by atoms with Gasteiger partial charge in [-0.25, -0.2) is 4.79 Å². The van der Waals surface area contributed by atoms with Gasteiger partial charge in [-0.1, -0.05) is 23.9 Å². The van der Waals surface area contributed by atoms with Gasteiger partial charge in [0.15, 0.2) is 5.11 Å². The molecule has 5 aromatic rings. The van der Waals surface area contributed by atoms with E-state index in [1.54, 1.807) is 36.5 Å². The van der Waals surface area contributed by atoms with Crippen LogP contribution < -0.4 is 10.2 Å². The Morgan fingerprint density at radius 1 is 0.929 bits per heavy atom. The zero-order valence-corrected chi connectivity index (χ0v) is 23.5. The number of carboxylic acid groups (broad SMARTS) is 1. The fourth-order valence-electron chi connectivity index (χ4n) is 5.04. The molecule has 1 saturated heterocycles. The maximum Gasteiger partial charge on any atom is 0.335 e. The summed E-state index contributed by atoms with van der Waals surface area (Å²) in [5.41, 5.74) is 3.58. The highest BCUT2D eigenvalue weighted by Gasteiger charge is 2.42. The molecule has 3 heterocycles. The third-order valence-electron chi connectivity index (χ3n) is 6.95. The van der Waals surface area contributed by atoms with Gasteiger partial charge in [-0.2, -0.15) is 0 Å². The molecule has 1 aliphatic heterocycles. The van der Waals surface area contributed by atoms with Crippen molar-refractivity contribution in [3.63, 3.8) is 0 Å². The number of nitro benzene ring substituents is 1. The third kappa shape index (κ3) is 5.35. The summed E-state index contributed by atoms with van der Waals surface area (Å²) in [6.45, 7) is 0. The van der Waals surface area contributed by atoms with E-state index in [9.17, 15) is 20.0 Å². The molecule has 6 rings (SSSR count). The number of hydrogen-bond donors (Lipinski definition) is 2. The molecule has 3 aromatic carbocycles. The topological polar surface area (TPSA) is 114 Å². The number of nitrogens with one attached hydrogen (secondary N) is 1. The van der Waals surface area contributed by atoms with Crippen LogP contribution in [0.3, 0.4) is 0 Å². The normalized spacial score (nSPS) is 16.3. The average Bonchev–Trinajstić information content (AvgIpc) is 3.63. The van der Waals surface area contributed by atoms with Crippen LogP contribution in [0.15, 0.2) is 125 Å². The van der Waals surface area contributed by atoms with Crippen molar-refractivity contribution in [2.75, 3.05) is 4.90 Å². The van der Waals surface area contributed by atoms with Crippen molar-refractivity contribution in [2.45, 2.75) is 21.9 Å². The molecule has 2 atom stereocenters. The number of carbonyl (C=O) groups is 1. The maximum atomic E-state index is 11.7. The molecule has 0 bridgehead atoms. The van der Waals surface area contributed by atoms with Crippen molar-refractivity contribution in [1.29, 1.82) is 0 Å². The number of aromatic carboxylic acids is 1. The number of benzene rings is 3. The van der Waals surface area contributed by atoms with Crippen LogP contribution in [0, 0.1) is 10.1 Å². The Kier molecular flexibility index (Phi) is 7.43. The van der Waals surface area contributed by atoms with Gasteiger partial charge in [0.25, 0.3) is 5.69 Å². The molecule has 0 amide bonds. The van der Waals surface area contributed by atoms with Crippen LogP contribution in [0.1, 0.15) is 33.8 Å². The Hall–Kier alpha value is -5.00. The minimum absolute atomic E-state index is 0.0534. The molecule has 0 saturated carbocycles. The van der Waals surface area contributed by atoms with Crippen molar-refractivity contribution < 1.29 is 14.8 Å². The van der Waals surface area contributed by atoms with Gasteiger partial charge >= 0.3 is 5.97 Å². The number of nitro groups is 1. The van der Waals surface area contributed by atoms with Crippen LogP contribution >= 0.6 is 24.0 Å². The van der Waals surface area contributed by atoms with Gasteiger partial charge in [0.05, 0.1) is 22.2 Å². The van der Waals surface area contributed by atoms with Crippen LogP contribution in [0.4, 0.5) is 11.4 Å². The highest BCUT2D eigenvalue weighted by molar-refractivity contribution is 7.99. The van der Waals surface area contributed by atoms with E-state index in [-0.39, 0.29) is 23.3 Å². The fraction of sp³-hybridized carbons (Fsp3) is 0.0645. The number of hydrogen-bond acceptors (Lipinski definition) is 6. The molecule has 9 nitrogen and oxygen atoms in total. The molecule has 1 aliphatic rings. The Morgan fingerprint density at radius 3 is 2.33 bits per heavy atom. The van der Waals surface area contributed by atoms with Crippen LogP contribution in [0.5, 0.6) is 0 Å². The Labute approximate surface area is 250 Å². The zero-order chi connectivity index (χ0) is 29.2. The summed E-state index contributed by atoms with van der Waals surface area (Å²) in [5.74, 6) is -0.992. The smallest absolute Gasteiger partial charge is 0.335 e. The van der Waals surface area contributed by atoms with E-state index in [1.165, 1.54) is 23.9 Å². The number of thiocarbonyl (C=S) groups is 1. The molecule has 0 unspecified atom stereocenters. The second-order valence-electron chi connectivity index (χ2n) is 9.50. The Balaban J connectivity index is 1.37. The predicted molar refractivity (Wildman–Crippen MR) is 164 cm³/mol. The predicted octanol–water partition coefficient (Wildman–Crippen LogP) is 6.81. The number of nitrogens with zero attached hydrogens (tertiary/aromatic N) is 4. The van der Waals surface area contributed by atoms with Crippen molar-refractivity contribution in [3.8, 4) is 5.69 Å². The first-order valence-corrected chi connectivity index (χ1v) is 14.2. The summed E-state index contributed by atoms with van der Waals surface area (Å²) in [5, 5.41) is 24.6. The highest BCUT2D eigenvalue weighted by Crippen LogP contribution is 2.43. The summed E-state index contributed by atoms with van der Waals surface area (Å²) < 4.78 is 1.98. The molecule has 42 heavy (non-hydrogen) atoms. The molecular weight excluding hydrogens is 571 g/mol. The van der Waals surface area contributed by atoms with E-state index in [1.807, 2.05) is 71.4 Å². The molecule has 1 fully saturated rings. The molecule has 11 heteroatoms. The van der Waals surface area contributed by atoms with Crippen LogP contribution in [0.25, 0.3) is 5.69 Å². The van der Waals surface area contributed by atoms with Crippen molar-refractivity contribution in [3.05, 3.63) is 143 Å². The van der Waals surface area contributed by atoms with Gasteiger partial charge in [0.2, 0.25) is 0 Å². The lowest BCUT2D eigenvalue weighted by Crippen LogP contribution is -2.30. The van der Waals surface area contributed by atoms with Gasteiger partial charge < -0.3 is 19.9 Å². The van der Waals surface area contributed by atoms with E-state index < -0.39 is 10.9 Å².